The van der Waals surface area contributed by atoms with Crippen LogP contribution in [0.1, 0.15) is 22.2 Å². The predicted octanol–water partition coefficient (Wildman–Crippen LogP) is 3.12. The summed E-state index contributed by atoms with van der Waals surface area (Å²) >= 11 is 0. The van der Waals surface area contributed by atoms with Crippen LogP contribution in [0.5, 0.6) is 0 Å². The standard InChI is InChI=1S/C23H18N2O6/c1-29-23(28)14-9-11-15(12-10-14)24-21(26)18-19(17-8-5-13-30-17)25(31-20(18)22(24)27)16-6-3-2-4-7-16/h2-13,18-20H,1H3/t18-,19+,20+/m0/s1. The van der Waals surface area contributed by atoms with Crippen LogP contribution in [0.3, 0.4) is 0 Å². The fraction of sp³-hybridized carbons (Fsp3) is 0.174. The van der Waals surface area contributed by atoms with Crippen molar-refractivity contribution < 1.29 is 28.4 Å². The Labute approximate surface area is 177 Å². The van der Waals surface area contributed by atoms with E-state index in [4.69, 9.17) is 14.0 Å². The van der Waals surface area contributed by atoms with Crippen LogP contribution < -0.4 is 9.96 Å². The number of anilines is 2. The summed E-state index contributed by atoms with van der Waals surface area (Å²) in [5.74, 6) is -1.60. The third kappa shape index (κ3) is 3.00. The zero-order chi connectivity index (χ0) is 21.5. The highest BCUT2D eigenvalue weighted by molar-refractivity contribution is 6.24. The molecule has 31 heavy (non-hydrogen) atoms. The monoisotopic (exact) mass is 418 g/mol. The van der Waals surface area contributed by atoms with Gasteiger partial charge in [-0.2, -0.15) is 0 Å². The number of amides is 2. The first-order chi connectivity index (χ1) is 15.1. The molecule has 0 N–H and O–H groups in total. The number of nitrogens with zero attached hydrogens (tertiary/aromatic N) is 2. The summed E-state index contributed by atoms with van der Waals surface area (Å²) in [5.41, 5.74) is 1.41. The highest BCUT2D eigenvalue weighted by Crippen LogP contribution is 2.47. The van der Waals surface area contributed by atoms with E-state index in [9.17, 15) is 14.4 Å². The Morgan fingerprint density at radius 2 is 1.65 bits per heavy atom. The first-order valence-corrected chi connectivity index (χ1v) is 9.71. The number of rotatable bonds is 4. The highest BCUT2D eigenvalue weighted by atomic mass is 16.7. The van der Waals surface area contributed by atoms with Crippen molar-refractivity contribution in [3.8, 4) is 0 Å². The second kappa shape index (κ2) is 7.41. The van der Waals surface area contributed by atoms with E-state index < -0.39 is 29.9 Å². The molecule has 0 spiro atoms. The van der Waals surface area contributed by atoms with Crippen molar-refractivity contribution in [3.63, 3.8) is 0 Å². The average molecular weight is 418 g/mol. The van der Waals surface area contributed by atoms with Gasteiger partial charge in [-0.05, 0) is 48.5 Å². The van der Waals surface area contributed by atoms with Gasteiger partial charge >= 0.3 is 5.97 Å². The topological polar surface area (TPSA) is 89.3 Å². The van der Waals surface area contributed by atoms with Crippen molar-refractivity contribution in [3.05, 3.63) is 84.3 Å². The van der Waals surface area contributed by atoms with Gasteiger partial charge in [0.05, 0.1) is 30.3 Å². The van der Waals surface area contributed by atoms with Crippen molar-refractivity contribution in [2.45, 2.75) is 12.1 Å². The van der Waals surface area contributed by atoms with Gasteiger partial charge in [0.1, 0.15) is 17.7 Å². The van der Waals surface area contributed by atoms with Crippen LogP contribution in [-0.4, -0.2) is 31.0 Å². The molecular formula is C23H18N2O6. The molecule has 8 nitrogen and oxygen atoms in total. The molecule has 2 aliphatic heterocycles. The van der Waals surface area contributed by atoms with E-state index in [1.807, 2.05) is 30.3 Å². The molecule has 2 aromatic carbocycles. The molecule has 2 fully saturated rings. The number of esters is 1. The molecular weight excluding hydrogens is 400 g/mol. The van der Waals surface area contributed by atoms with Gasteiger partial charge in [-0.15, -0.1) is 0 Å². The number of benzene rings is 2. The molecule has 156 valence electrons. The fourth-order valence-corrected chi connectivity index (χ4v) is 4.08. The summed E-state index contributed by atoms with van der Waals surface area (Å²) in [6, 6.07) is 18.3. The Bertz CT molecular complexity index is 1130. The number of hydrogen-bond acceptors (Lipinski definition) is 7. The smallest absolute Gasteiger partial charge is 0.337 e. The molecule has 0 aliphatic carbocycles. The number of para-hydroxylation sites is 1. The Hall–Kier alpha value is -3.91. The summed E-state index contributed by atoms with van der Waals surface area (Å²) in [6.45, 7) is 0. The average Bonchev–Trinajstić information content (AvgIpc) is 3.51. The molecule has 2 saturated heterocycles. The van der Waals surface area contributed by atoms with Crippen LogP contribution in [0.25, 0.3) is 0 Å². The maximum Gasteiger partial charge on any atom is 0.337 e. The summed E-state index contributed by atoms with van der Waals surface area (Å²) in [7, 11) is 1.29. The number of furan rings is 1. The summed E-state index contributed by atoms with van der Waals surface area (Å²) in [5, 5.41) is 1.57. The van der Waals surface area contributed by atoms with Crippen LogP contribution in [0.2, 0.25) is 0 Å². The number of ether oxygens (including phenoxy) is 1. The van der Waals surface area contributed by atoms with Gasteiger partial charge in [0.25, 0.3) is 5.91 Å². The van der Waals surface area contributed by atoms with E-state index in [2.05, 4.69) is 0 Å². The molecule has 3 atom stereocenters. The molecule has 2 amide bonds. The maximum absolute atomic E-state index is 13.4. The number of hydrogen-bond donors (Lipinski definition) is 0. The first kappa shape index (κ1) is 19.1. The molecule has 0 unspecified atom stereocenters. The Kier molecular flexibility index (Phi) is 4.56. The van der Waals surface area contributed by atoms with E-state index in [1.165, 1.54) is 25.5 Å². The molecule has 0 saturated carbocycles. The highest BCUT2D eigenvalue weighted by Gasteiger charge is 2.61. The normalized spacial score (nSPS) is 22.7. The SMILES string of the molecule is COC(=O)c1ccc(N2C(=O)[C@H]3[C@@H](c4ccco4)N(c4ccccc4)O[C@H]3C2=O)cc1. The second-order valence-corrected chi connectivity index (χ2v) is 7.22. The summed E-state index contributed by atoms with van der Waals surface area (Å²) in [4.78, 5) is 45.4. The largest absolute Gasteiger partial charge is 0.467 e. The molecule has 3 heterocycles. The zero-order valence-electron chi connectivity index (χ0n) is 16.5. The lowest BCUT2D eigenvalue weighted by Gasteiger charge is -2.27. The van der Waals surface area contributed by atoms with Crippen molar-refractivity contribution in [2.24, 2.45) is 5.92 Å². The zero-order valence-corrected chi connectivity index (χ0v) is 16.5. The summed E-state index contributed by atoms with van der Waals surface area (Å²) in [6.07, 6.45) is 0.541. The van der Waals surface area contributed by atoms with E-state index in [-0.39, 0.29) is 5.91 Å². The lowest BCUT2D eigenvalue weighted by Crippen LogP contribution is -2.37. The molecule has 8 heteroatoms. The van der Waals surface area contributed by atoms with Crippen LogP contribution in [0, 0.1) is 5.92 Å². The number of carbonyl (C=O) groups excluding carboxylic acids is 3. The van der Waals surface area contributed by atoms with Crippen molar-refractivity contribution in [1.82, 2.24) is 0 Å². The van der Waals surface area contributed by atoms with E-state index in [1.54, 1.807) is 29.3 Å². The fourth-order valence-electron chi connectivity index (χ4n) is 4.08. The number of hydroxylamine groups is 1. The van der Waals surface area contributed by atoms with Gasteiger partial charge in [0.15, 0.2) is 6.10 Å². The third-order valence-corrected chi connectivity index (χ3v) is 5.51. The van der Waals surface area contributed by atoms with Gasteiger partial charge in [0.2, 0.25) is 5.91 Å². The number of imide groups is 1. The van der Waals surface area contributed by atoms with Gasteiger partial charge in [-0.1, -0.05) is 18.2 Å². The predicted molar refractivity (Wildman–Crippen MR) is 109 cm³/mol. The van der Waals surface area contributed by atoms with E-state index in [0.29, 0.717) is 22.7 Å². The van der Waals surface area contributed by atoms with Gasteiger partial charge in [0, 0.05) is 0 Å². The molecule has 2 aliphatic rings. The Morgan fingerprint density at radius 1 is 0.903 bits per heavy atom. The minimum Gasteiger partial charge on any atom is -0.467 e. The van der Waals surface area contributed by atoms with E-state index in [0.717, 1.165) is 4.90 Å². The maximum atomic E-state index is 13.4. The summed E-state index contributed by atoms with van der Waals surface area (Å²) < 4.78 is 10.3. The minimum atomic E-state index is -0.983. The van der Waals surface area contributed by atoms with Crippen LogP contribution in [0.4, 0.5) is 11.4 Å². The van der Waals surface area contributed by atoms with Gasteiger partial charge < -0.3 is 9.15 Å². The number of carbonyl (C=O) groups is 3. The van der Waals surface area contributed by atoms with Crippen molar-refractivity contribution in [2.75, 3.05) is 17.1 Å². The Balaban J connectivity index is 1.51. The van der Waals surface area contributed by atoms with Gasteiger partial charge in [-0.25, -0.2) is 14.8 Å². The lowest BCUT2D eigenvalue weighted by molar-refractivity contribution is -0.126. The third-order valence-electron chi connectivity index (χ3n) is 5.51. The van der Waals surface area contributed by atoms with Crippen molar-refractivity contribution in [1.29, 1.82) is 0 Å². The lowest BCUT2D eigenvalue weighted by atomic mass is 9.94. The van der Waals surface area contributed by atoms with Crippen LogP contribution in [0.15, 0.2) is 77.4 Å². The number of fused-ring (bicyclic) bond motifs is 1. The molecule has 3 aromatic rings. The van der Waals surface area contributed by atoms with E-state index >= 15 is 0 Å². The van der Waals surface area contributed by atoms with Gasteiger partial charge in [-0.3, -0.25) is 14.4 Å². The minimum absolute atomic E-state index is 0.325. The molecule has 0 bridgehead atoms. The molecule has 5 rings (SSSR count). The first-order valence-electron chi connectivity index (χ1n) is 9.71. The molecule has 1 aromatic heterocycles. The number of methoxy groups -OCH3 is 1. The van der Waals surface area contributed by atoms with Crippen molar-refractivity contribution >= 4 is 29.2 Å². The van der Waals surface area contributed by atoms with Crippen LogP contribution >= 0.6 is 0 Å². The molecule has 0 radical (unpaired) electrons. The van der Waals surface area contributed by atoms with Crippen LogP contribution in [-0.2, 0) is 19.2 Å². The Morgan fingerprint density at radius 3 is 2.29 bits per heavy atom. The second-order valence-electron chi connectivity index (χ2n) is 7.22. The quantitative estimate of drug-likeness (QED) is 0.475.